The number of nitrogens with zero attached hydrogens (tertiary/aromatic N) is 2. The lowest BCUT2D eigenvalue weighted by Crippen LogP contribution is -2.44. The van der Waals surface area contributed by atoms with Crippen molar-refractivity contribution in [2.24, 2.45) is 5.92 Å². The second-order valence-corrected chi connectivity index (χ2v) is 7.49. The zero-order valence-electron chi connectivity index (χ0n) is 11.4. The lowest BCUT2D eigenvalue weighted by molar-refractivity contribution is -0.142. The fourth-order valence-electron chi connectivity index (χ4n) is 2.15. The zero-order chi connectivity index (χ0) is 15.6. The number of carbonyl (C=O) groups is 1. The van der Waals surface area contributed by atoms with Crippen molar-refractivity contribution in [1.82, 2.24) is 9.29 Å². The smallest absolute Gasteiger partial charge is 0.307 e. The third kappa shape index (κ3) is 3.92. The SMILES string of the molecule is Cc1cc(NS(=O)(=O)N2CCCC(C(=O)O)C2)ncc1Br. The molecule has 1 unspecified atom stereocenters. The average molecular weight is 378 g/mol. The van der Waals surface area contributed by atoms with Crippen molar-refractivity contribution in [3.05, 3.63) is 22.3 Å². The molecule has 7 nitrogen and oxygen atoms in total. The van der Waals surface area contributed by atoms with Crippen LogP contribution in [0.3, 0.4) is 0 Å². The first kappa shape index (κ1) is 16.2. The number of hydrogen-bond donors (Lipinski definition) is 2. The monoisotopic (exact) mass is 377 g/mol. The molecule has 0 spiro atoms. The van der Waals surface area contributed by atoms with E-state index in [9.17, 15) is 13.2 Å². The van der Waals surface area contributed by atoms with Gasteiger partial charge in [-0.3, -0.25) is 9.52 Å². The maximum absolute atomic E-state index is 12.3. The Morgan fingerprint density at radius 3 is 2.90 bits per heavy atom. The number of aliphatic carboxylic acids is 1. The summed E-state index contributed by atoms with van der Waals surface area (Å²) in [6.07, 6.45) is 2.55. The Balaban J connectivity index is 2.14. The number of pyridine rings is 1. The highest BCUT2D eigenvalue weighted by Crippen LogP contribution is 2.22. The normalized spacial score (nSPS) is 20.2. The van der Waals surface area contributed by atoms with Crippen LogP contribution in [0.5, 0.6) is 0 Å². The van der Waals surface area contributed by atoms with Gasteiger partial charge in [0.1, 0.15) is 5.82 Å². The van der Waals surface area contributed by atoms with Gasteiger partial charge in [0.2, 0.25) is 0 Å². The molecule has 0 bridgehead atoms. The Morgan fingerprint density at radius 2 is 2.29 bits per heavy atom. The molecule has 1 atom stereocenters. The minimum absolute atomic E-state index is 0.0137. The van der Waals surface area contributed by atoms with Crippen molar-refractivity contribution in [1.29, 1.82) is 0 Å². The lowest BCUT2D eigenvalue weighted by Gasteiger charge is -2.29. The second kappa shape index (κ2) is 6.29. The predicted octanol–water partition coefficient (Wildman–Crippen LogP) is 1.61. The molecule has 0 aromatic carbocycles. The zero-order valence-corrected chi connectivity index (χ0v) is 13.8. The van der Waals surface area contributed by atoms with Crippen LogP contribution in [0.4, 0.5) is 5.82 Å². The molecular weight excluding hydrogens is 362 g/mol. The topological polar surface area (TPSA) is 99.6 Å². The molecule has 2 N–H and O–H groups in total. The van der Waals surface area contributed by atoms with E-state index in [0.717, 1.165) is 14.3 Å². The highest BCUT2D eigenvalue weighted by molar-refractivity contribution is 9.10. The van der Waals surface area contributed by atoms with Crippen LogP contribution in [0.15, 0.2) is 16.7 Å². The Bertz CT molecular complexity index is 650. The van der Waals surface area contributed by atoms with Crippen LogP contribution >= 0.6 is 15.9 Å². The van der Waals surface area contributed by atoms with Crippen LogP contribution < -0.4 is 4.72 Å². The standard InChI is InChI=1S/C12H16BrN3O4S/c1-8-5-11(14-6-10(8)13)15-21(19,20)16-4-2-3-9(7-16)12(17)18/h5-6,9H,2-4,7H2,1H3,(H,14,15)(H,17,18). The van der Waals surface area contributed by atoms with Crippen molar-refractivity contribution in [2.45, 2.75) is 19.8 Å². The fraction of sp³-hybridized carbons (Fsp3) is 0.500. The minimum atomic E-state index is -3.79. The summed E-state index contributed by atoms with van der Waals surface area (Å²) in [4.78, 5) is 15.0. The lowest BCUT2D eigenvalue weighted by atomic mass is 10.0. The fourth-order valence-corrected chi connectivity index (χ4v) is 3.62. The van der Waals surface area contributed by atoms with Gasteiger partial charge in [-0.05, 0) is 47.3 Å². The molecule has 1 aromatic rings. The number of carboxylic acids is 1. The van der Waals surface area contributed by atoms with Gasteiger partial charge < -0.3 is 5.11 Å². The number of aryl methyl sites for hydroxylation is 1. The van der Waals surface area contributed by atoms with E-state index < -0.39 is 22.1 Å². The molecule has 0 amide bonds. The molecule has 0 aliphatic carbocycles. The van der Waals surface area contributed by atoms with Crippen LogP contribution in [-0.4, -0.2) is 41.9 Å². The van der Waals surface area contributed by atoms with Crippen LogP contribution in [0, 0.1) is 12.8 Å². The number of anilines is 1. The number of piperidine rings is 1. The van der Waals surface area contributed by atoms with Gasteiger partial charge in [-0.15, -0.1) is 0 Å². The Morgan fingerprint density at radius 1 is 1.57 bits per heavy atom. The molecule has 0 radical (unpaired) electrons. The summed E-state index contributed by atoms with van der Waals surface area (Å²) in [5.74, 6) is -1.41. The third-order valence-electron chi connectivity index (χ3n) is 3.35. The van der Waals surface area contributed by atoms with Gasteiger partial charge in [0.05, 0.1) is 5.92 Å². The van der Waals surface area contributed by atoms with Crippen molar-refractivity contribution >= 4 is 37.9 Å². The Labute approximate surface area is 131 Å². The molecule has 1 aromatic heterocycles. The van der Waals surface area contributed by atoms with Gasteiger partial charge in [0.25, 0.3) is 0 Å². The Kier molecular flexibility index (Phi) is 4.84. The molecule has 1 aliphatic heterocycles. The van der Waals surface area contributed by atoms with E-state index in [-0.39, 0.29) is 12.4 Å². The summed E-state index contributed by atoms with van der Waals surface area (Å²) < 4.78 is 28.9. The van der Waals surface area contributed by atoms with Crippen LogP contribution in [0.2, 0.25) is 0 Å². The van der Waals surface area contributed by atoms with Crippen LogP contribution in [0.1, 0.15) is 18.4 Å². The van der Waals surface area contributed by atoms with Crippen LogP contribution in [0.25, 0.3) is 0 Å². The molecular formula is C12H16BrN3O4S. The van der Waals surface area contributed by atoms with Gasteiger partial charge in [-0.2, -0.15) is 12.7 Å². The quantitative estimate of drug-likeness (QED) is 0.829. The second-order valence-electron chi connectivity index (χ2n) is 4.96. The third-order valence-corrected chi connectivity index (χ3v) is 5.66. The summed E-state index contributed by atoms with van der Waals surface area (Å²) in [5, 5.41) is 9.02. The van der Waals surface area contributed by atoms with E-state index >= 15 is 0 Å². The van der Waals surface area contributed by atoms with Gasteiger partial charge >= 0.3 is 16.2 Å². The average Bonchev–Trinajstić information content (AvgIpc) is 2.43. The minimum Gasteiger partial charge on any atom is -0.481 e. The molecule has 2 rings (SSSR count). The molecule has 21 heavy (non-hydrogen) atoms. The van der Waals surface area contributed by atoms with E-state index in [1.165, 1.54) is 6.20 Å². The maximum atomic E-state index is 12.3. The van der Waals surface area contributed by atoms with Gasteiger partial charge in [-0.25, -0.2) is 4.98 Å². The summed E-state index contributed by atoms with van der Waals surface area (Å²) in [6.45, 7) is 2.12. The first-order valence-corrected chi connectivity index (χ1v) is 8.66. The highest BCUT2D eigenvalue weighted by atomic mass is 79.9. The summed E-state index contributed by atoms with van der Waals surface area (Å²) in [6, 6.07) is 1.61. The van der Waals surface area contributed by atoms with Crippen molar-refractivity contribution in [3.8, 4) is 0 Å². The van der Waals surface area contributed by atoms with Crippen molar-refractivity contribution < 1.29 is 18.3 Å². The molecule has 1 aliphatic rings. The number of carboxylic acid groups (broad SMARTS) is 1. The summed E-state index contributed by atoms with van der Waals surface area (Å²) >= 11 is 3.29. The molecule has 2 heterocycles. The molecule has 116 valence electrons. The largest absolute Gasteiger partial charge is 0.481 e. The molecule has 1 fully saturated rings. The number of rotatable bonds is 4. The van der Waals surface area contributed by atoms with Gasteiger partial charge in [0.15, 0.2) is 0 Å². The molecule has 1 saturated heterocycles. The van der Waals surface area contributed by atoms with Crippen molar-refractivity contribution in [3.63, 3.8) is 0 Å². The number of halogens is 1. The van der Waals surface area contributed by atoms with E-state index in [1.807, 2.05) is 6.92 Å². The van der Waals surface area contributed by atoms with Crippen molar-refractivity contribution in [2.75, 3.05) is 17.8 Å². The molecule has 9 heteroatoms. The summed E-state index contributed by atoms with van der Waals surface area (Å²) in [7, 11) is -3.79. The van der Waals surface area contributed by atoms with Gasteiger partial charge in [-0.1, -0.05) is 0 Å². The van der Waals surface area contributed by atoms with E-state index in [4.69, 9.17) is 5.11 Å². The molecule has 0 saturated carbocycles. The predicted molar refractivity (Wildman–Crippen MR) is 81.1 cm³/mol. The van der Waals surface area contributed by atoms with Crippen LogP contribution in [-0.2, 0) is 15.0 Å². The highest BCUT2D eigenvalue weighted by Gasteiger charge is 2.32. The first-order valence-electron chi connectivity index (χ1n) is 6.42. The van der Waals surface area contributed by atoms with E-state index in [1.54, 1.807) is 6.07 Å². The Hall–Kier alpha value is -1.19. The first-order chi connectivity index (χ1) is 9.79. The van der Waals surface area contributed by atoms with Gasteiger partial charge in [0, 0.05) is 23.8 Å². The number of nitrogens with one attached hydrogen (secondary N) is 1. The number of aromatic nitrogens is 1. The van der Waals surface area contributed by atoms with E-state index in [2.05, 4.69) is 25.6 Å². The number of hydrogen-bond acceptors (Lipinski definition) is 4. The summed E-state index contributed by atoms with van der Waals surface area (Å²) in [5.41, 5.74) is 0.852. The van der Waals surface area contributed by atoms with E-state index in [0.29, 0.717) is 19.4 Å². The maximum Gasteiger partial charge on any atom is 0.307 e.